The molecule has 7 nitrogen and oxygen atoms in total. The van der Waals surface area contributed by atoms with Crippen LogP contribution in [0.25, 0.3) is 0 Å². The quantitative estimate of drug-likeness (QED) is 0.154. The number of hydrogen-bond donors (Lipinski definition) is 1. The molecule has 1 atom stereocenters. The number of anilines is 1. The lowest BCUT2D eigenvalue weighted by molar-refractivity contribution is -0.140. The van der Waals surface area contributed by atoms with Gasteiger partial charge in [0.05, 0.1) is 10.6 Å². The Bertz CT molecular complexity index is 1680. The highest BCUT2D eigenvalue weighted by molar-refractivity contribution is 9.10. The van der Waals surface area contributed by atoms with E-state index in [4.69, 9.17) is 0 Å². The zero-order valence-corrected chi connectivity index (χ0v) is 29.0. The minimum atomic E-state index is -4.15. The summed E-state index contributed by atoms with van der Waals surface area (Å²) in [6, 6.07) is 29.6. The number of halogens is 1. The first-order valence-corrected chi connectivity index (χ1v) is 18.1. The number of hydrogen-bond acceptors (Lipinski definition) is 5. The van der Waals surface area contributed by atoms with Crippen molar-refractivity contribution in [3.05, 3.63) is 124 Å². The second-order valence-electron chi connectivity index (χ2n) is 11.0. The van der Waals surface area contributed by atoms with Gasteiger partial charge in [-0.15, -0.1) is 11.8 Å². The third-order valence-electron chi connectivity index (χ3n) is 7.22. The molecule has 0 radical (unpaired) electrons. The molecule has 2 amide bonds. The number of sulfonamides is 1. The Hall–Kier alpha value is -3.60. The smallest absolute Gasteiger partial charge is 0.264 e. The Balaban J connectivity index is 1.79. The maximum atomic E-state index is 14.5. The van der Waals surface area contributed by atoms with Crippen molar-refractivity contribution in [2.75, 3.05) is 17.1 Å². The number of carbonyl (C=O) groups is 2. The highest BCUT2D eigenvalue weighted by atomic mass is 79.9. The van der Waals surface area contributed by atoms with E-state index < -0.39 is 28.5 Å². The van der Waals surface area contributed by atoms with Gasteiger partial charge in [-0.3, -0.25) is 13.9 Å². The van der Waals surface area contributed by atoms with Crippen LogP contribution in [-0.2, 0) is 32.6 Å². The highest BCUT2D eigenvalue weighted by Gasteiger charge is 2.34. The van der Waals surface area contributed by atoms with Gasteiger partial charge in [0.1, 0.15) is 12.6 Å². The van der Waals surface area contributed by atoms with E-state index >= 15 is 0 Å². The zero-order valence-electron chi connectivity index (χ0n) is 25.8. The number of nitrogens with one attached hydrogen (secondary N) is 1. The van der Waals surface area contributed by atoms with Gasteiger partial charge >= 0.3 is 0 Å². The summed E-state index contributed by atoms with van der Waals surface area (Å²) in [7, 11) is -4.15. The number of amides is 2. The van der Waals surface area contributed by atoms with Gasteiger partial charge in [0.25, 0.3) is 10.0 Å². The maximum absolute atomic E-state index is 14.5. The minimum Gasteiger partial charge on any atom is -0.352 e. The van der Waals surface area contributed by atoms with Crippen LogP contribution in [0.1, 0.15) is 30.5 Å². The Labute approximate surface area is 279 Å². The summed E-state index contributed by atoms with van der Waals surface area (Å²) < 4.78 is 30.4. The highest BCUT2D eigenvalue weighted by Crippen LogP contribution is 2.27. The molecule has 0 aliphatic carbocycles. The second-order valence-corrected chi connectivity index (χ2v) is 14.7. The van der Waals surface area contributed by atoms with Crippen molar-refractivity contribution in [1.29, 1.82) is 0 Å². The Morgan fingerprint density at radius 1 is 0.844 bits per heavy atom. The van der Waals surface area contributed by atoms with E-state index in [9.17, 15) is 18.0 Å². The molecule has 236 valence electrons. The van der Waals surface area contributed by atoms with Crippen LogP contribution in [0, 0.1) is 6.92 Å². The van der Waals surface area contributed by atoms with Crippen LogP contribution in [0.2, 0.25) is 0 Å². The number of rotatable bonds is 13. The molecule has 0 aliphatic heterocycles. The summed E-state index contributed by atoms with van der Waals surface area (Å²) in [6.07, 6.45) is 2.18. The largest absolute Gasteiger partial charge is 0.352 e. The lowest BCUT2D eigenvalue weighted by Gasteiger charge is -2.34. The first-order chi connectivity index (χ1) is 21.5. The molecule has 0 saturated carbocycles. The van der Waals surface area contributed by atoms with Crippen molar-refractivity contribution in [3.63, 3.8) is 0 Å². The molecule has 0 fully saturated rings. The maximum Gasteiger partial charge on any atom is 0.264 e. The molecule has 0 aliphatic rings. The lowest BCUT2D eigenvalue weighted by atomic mass is 10.0. The van der Waals surface area contributed by atoms with Gasteiger partial charge in [-0.25, -0.2) is 8.42 Å². The number of carbonyl (C=O) groups excluding carboxylic acids is 2. The molecule has 0 aromatic heterocycles. The van der Waals surface area contributed by atoms with Crippen molar-refractivity contribution >= 4 is 55.2 Å². The molecular formula is C35H38BrN3O4S2. The van der Waals surface area contributed by atoms with Crippen LogP contribution in [0.4, 0.5) is 5.69 Å². The third-order valence-corrected chi connectivity index (χ3v) is 10.3. The van der Waals surface area contributed by atoms with E-state index in [-0.39, 0.29) is 29.8 Å². The van der Waals surface area contributed by atoms with E-state index in [1.807, 2.05) is 93.8 Å². The fourth-order valence-electron chi connectivity index (χ4n) is 4.84. The number of benzene rings is 4. The van der Waals surface area contributed by atoms with E-state index in [0.717, 1.165) is 30.4 Å². The Morgan fingerprint density at radius 2 is 1.47 bits per heavy atom. The van der Waals surface area contributed by atoms with E-state index in [1.165, 1.54) is 16.7 Å². The molecule has 4 rings (SSSR count). The van der Waals surface area contributed by atoms with Crippen LogP contribution < -0.4 is 9.62 Å². The molecule has 1 N–H and O–H groups in total. The zero-order chi connectivity index (χ0) is 32.6. The van der Waals surface area contributed by atoms with Crippen LogP contribution in [0.5, 0.6) is 0 Å². The minimum absolute atomic E-state index is 0.0755. The first-order valence-electron chi connectivity index (χ1n) is 14.6. The monoisotopic (exact) mass is 707 g/mol. The summed E-state index contributed by atoms with van der Waals surface area (Å²) in [4.78, 5) is 30.8. The number of nitrogens with zero attached hydrogens (tertiary/aromatic N) is 2. The van der Waals surface area contributed by atoms with Crippen LogP contribution in [0.15, 0.2) is 117 Å². The van der Waals surface area contributed by atoms with E-state index in [2.05, 4.69) is 21.2 Å². The number of thioether (sulfide) groups is 1. The summed E-state index contributed by atoms with van der Waals surface area (Å²) in [5.41, 5.74) is 3.00. The average Bonchev–Trinajstić information content (AvgIpc) is 3.03. The topological polar surface area (TPSA) is 86.8 Å². The predicted molar refractivity (Wildman–Crippen MR) is 186 cm³/mol. The molecule has 0 bridgehead atoms. The summed E-state index contributed by atoms with van der Waals surface area (Å²) in [6.45, 7) is 5.26. The molecule has 4 aromatic rings. The molecule has 45 heavy (non-hydrogen) atoms. The molecule has 0 spiro atoms. The van der Waals surface area contributed by atoms with Gasteiger partial charge in [0.15, 0.2) is 0 Å². The predicted octanol–water partition coefficient (Wildman–Crippen LogP) is 6.84. The molecule has 4 aromatic carbocycles. The second kappa shape index (κ2) is 15.6. The lowest BCUT2D eigenvalue weighted by Crippen LogP contribution is -2.54. The SMILES string of the molecule is CSc1ccc(S(=O)(=O)N(CC(=O)N(Cc2ccc(Br)cc2)C(Cc2ccccc2)C(=O)NC(C)C)c2ccc(C)cc2)cc1. The molecular weight excluding hydrogens is 670 g/mol. The molecule has 0 heterocycles. The summed E-state index contributed by atoms with van der Waals surface area (Å²) in [5, 5.41) is 2.98. The number of aryl methyl sites for hydroxylation is 1. The van der Waals surface area contributed by atoms with Gasteiger partial charge in [-0.05, 0) is 86.7 Å². The van der Waals surface area contributed by atoms with E-state index in [0.29, 0.717) is 5.69 Å². The van der Waals surface area contributed by atoms with Gasteiger partial charge in [-0.2, -0.15) is 0 Å². The van der Waals surface area contributed by atoms with Crippen molar-refractivity contribution < 1.29 is 18.0 Å². The van der Waals surface area contributed by atoms with Gasteiger partial charge in [-0.1, -0.05) is 76.1 Å². The Kier molecular flexibility index (Phi) is 11.9. The van der Waals surface area contributed by atoms with Gasteiger partial charge in [0.2, 0.25) is 11.8 Å². The van der Waals surface area contributed by atoms with E-state index in [1.54, 1.807) is 36.4 Å². The molecule has 0 saturated heterocycles. The fraction of sp³-hybridized carbons (Fsp3) is 0.257. The van der Waals surface area contributed by atoms with Crippen molar-refractivity contribution in [3.8, 4) is 0 Å². The first kappa shape index (κ1) is 34.3. The summed E-state index contributed by atoms with van der Waals surface area (Å²) >= 11 is 4.97. The standard InChI is InChI=1S/C35H38BrN3O4S2/c1-25(2)37-35(41)33(22-27-8-6-5-7-9-27)38(23-28-12-14-29(36)15-13-28)34(40)24-39(30-16-10-26(3)11-17-30)45(42,43)32-20-18-31(44-4)19-21-32/h5-21,25,33H,22-24H2,1-4H3,(H,37,41). The Morgan fingerprint density at radius 3 is 2.04 bits per heavy atom. The third kappa shape index (κ3) is 9.22. The van der Waals surface area contributed by atoms with Crippen molar-refractivity contribution in [2.24, 2.45) is 0 Å². The van der Waals surface area contributed by atoms with Crippen LogP contribution in [0.3, 0.4) is 0 Å². The summed E-state index contributed by atoms with van der Waals surface area (Å²) in [5.74, 6) is -0.806. The normalized spacial score (nSPS) is 12.0. The van der Waals surface area contributed by atoms with Crippen LogP contribution >= 0.6 is 27.7 Å². The van der Waals surface area contributed by atoms with Crippen LogP contribution in [-0.4, -0.2) is 50.0 Å². The molecule has 1 unspecified atom stereocenters. The molecule has 10 heteroatoms. The fourth-order valence-corrected chi connectivity index (χ4v) is 6.92. The average molecular weight is 709 g/mol. The van der Waals surface area contributed by atoms with Gasteiger partial charge in [0, 0.05) is 28.4 Å². The van der Waals surface area contributed by atoms with Gasteiger partial charge < -0.3 is 10.2 Å². The van der Waals surface area contributed by atoms with Crippen molar-refractivity contribution in [2.45, 2.75) is 55.6 Å². The van der Waals surface area contributed by atoms with Crippen molar-refractivity contribution in [1.82, 2.24) is 10.2 Å².